The summed E-state index contributed by atoms with van der Waals surface area (Å²) in [5.41, 5.74) is 3.80. The quantitative estimate of drug-likeness (QED) is 0.814. The molecular formula is C20H26ClN3O. The van der Waals surface area contributed by atoms with Crippen molar-refractivity contribution in [3.05, 3.63) is 34.5 Å². The van der Waals surface area contributed by atoms with E-state index >= 15 is 0 Å². The van der Waals surface area contributed by atoms with Crippen molar-refractivity contribution in [2.24, 2.45) is 0 Å². The summed E-state index contributed by atoms with van der Waals surface area (Å²) in [5, 5.41) is 1.98. The van der Waals surface area contributed by atoms with Crippen molar-refractivity contribution >= 4 is 28.4 Å². The van der Waals surface area contributed by atoms with E-state index in [0.717, 1.165) is 49.4 Å². The second-order valence-corrected chi connectivity index (χ2v) is 7.90. The smallest absolute Gasteiger partial charge is 0.242 e. The van der Waals surface area contributed by atoms with Gasteiger partial charge in [-0.05, 0) is 63.4 Å². The molecule has 1 unspecified atom stereocenters. The molecule has 2 aromatic rings. The van der Waals surface area contributed by atoms with E-state index in [0.29, 0.717) is 12.6 Å². The lowest BCUT2D eigenvalue weighted by Crippen LogP contribution is -2.39. The predicted octanol–water partition coefficient (Wildman–Crippen LogP) is 3.86. The molecule has 0 bridgehead atoms. The van der Waals surface area contributed by atoms with Gasteiger partial charge in [-0.25, -0.2) is 0 Å². The van der Waals surface area contributed by atoms with E-state index in [9.17, 15) is 4.79 Å². The highest BCUT2D eigenvalue weighted by atomic mass is 35.5. The Morgan fingerprint density at radius 2 is 1.96 bits per heavy atom. The Kier molecular flexibility index (Phi) is 4.50. The molecule has 1 aromatic carbocycles. The Labute approximate surface area is 154 Å². The highest BCUT2D eigenvalue weighted by Crippen LogP contribution is 2.37. The van der Waals surface area contributed by atoms with Gasteiger partial charge >= 0.3 is 0 Å². The molecule has 4 rings (SSSR count). The fourth-order valence-electron chi connectivity index (χ4n) is 4.40. The van der Waals surface area contributed by atoms with Crippen molar-refractivity contribution in [3.63, 3.8) is 0 Å². The number of carbonyl (C=O) groups excluding carboxylic acids is 1. The summed E-state index contributed by atoms with van der Waals surface area (Å²) in [4.78, 5) is 17.3. The van der Waals surface area contributed by atoms with Crippen LogP contribution in [0.4, 0.5) is 0 Å². The first-order valence-corrected chi connectivity index (χ1v) is 9.72. The van der Waals surface area contributed by atoms with E-state index in [1.54, 1.807) is 0 Å². The zero-order chi connectivity index (χ0) is 17.6. The van der Waals surface area contributed by atoms with E-state index in [-0.39, 0.29) is 5.91 Å². The molecule has 2 aliphatic rings. The maximum atomic E-state index is 12.9. The first-order valence-electron chi connectivity index (χ1n) is 9.35. The van der Waals surface area contributed by atoms with Crippen molar-refractivity contribution in [1.82, 2.24) is 14.4 Å². The number of amides is 1. The highest BCUT2D eigenvalue weighted by Gasteiger charge is 2.29. The van der Waals surface area contributed by atoms with Crippen LogP contribution in [0.5, 0.6) is 0 Å². The molecule has 1 saturated heterocycles. The molecule has 134 valence electrons. The summed E-state index contributed by atoms with van der Waals surface area (Å²) >= 11 is 6.27. The second kappa shape index (κ2) is 6.65. The van der Waals surface area contributed by atoms with Crippen LogP contribution >= 0.6 is 11.6 Å². The van der Waals surface area contributed by atoms with Gasteiger partial charge in [-0.15, -0.1) is 0 Å². The van der Waals surface area contributed by atoms with Crippen LogP contribution in [0, 0.1) is 0 Å². The molecule has 1 fully saturated rings. The summed E-state index contributed by atoms with van der Waals surface area (Å²) in [7, 11) is 2.16. The molecule has 0 N–H and O–H groups in total. The first-order chi connectivity index (χ1) is 12.1. The Bertz CT molecular complexity index is 807. The molecule has 0 radical (unpaired) electrons. The number of likely N-dealkylation sites (tertiary alicyclic amines) is 1. The molecule has 1 atom stereocenters. The van der Waals surface area contributed by atoms with Crippen LogP contribution in [-0.4, -0.2) is 47.0 Å². The monoisotopic (exact) mass is 359 g/mol. The fourth-order valence-corrected chi connectivity index (χ4v) is 4.57. The third-order valence-corrected chi connectivity index (χ3v) is 6.18. The Morgan fingerprint density at radius 1 is 1.20 bits per heavy atom. The third-order valence-electron chi connectivity index (χ3n) is 5.95. The normalized spacial score (nSPS) is 21.6. The van der Waals surface area contributed by atoms with Gasteiger partial charge in [0.05, 0.1) is 0 Å². The number of hydrogen-bond donors (Lipinski definition) is 0. The van der Waals surface area contributed by atoms with Crippen molar-refractivity contribution in [2.75, 3.05) is 26.7 Å². The minimum Gasteiger partial charge on any atom is -0.341 e. The highest BCUT2D eigenvalue weighted by molar-refractivity contribution is 6.31. The average Bonchev–Trinajstić information content (AvgIpc) is 2.92. The molecule has 25 heavy (non-hydrogen) atoms. The molecule has 1 amide bonds. The predicted molar refractivity (Wildman–Crippen MR) is 102 cm³/mol. The maximum absolute atomic E-state index is 12.9. The molecule has 4 nitrogen and oxygen atoms in total. The lowest BCUT2D eigenvalue weighted by atomic mass is 9.99. The van der Waals surface area contributed by atoms with Gasteiger partial charge in [0.25, 0.3) is 0 Å². The molecule has 0 saturated carbocycles. The summed E-state index contributed by atoms with van der Waals surface area (Å²) < 4.78 is 2.25. The van der Waals surface area contributed by atoms with E-state index in [2.05, 4.69) is 35.6 Å². The van der Waals surface area contributed by atoms with Crippen LogP contribution in [0.3, 0.4) is 0 Å². The number of aromatic nitrogens is 1. The number of halogens is 1. The van der Waals surface area contributed by atoms with Crippen LogP contribution in [0.2, 0.25) is 5.02 Å². The van der Waals surface area contributed by atoms with Gasteiger partial charge in [0.15, 0.2) is 0 Å². The molecular weight excluding hydrogens is 334 g/mol. The van der Waals surface area contributed by atoms with Gasteiger partial charge in [-0.2, -0.15) is 0 Å². The van der Waals surface area contributed by atoms with Crippen molar-refractivity contribution in [2.45, 2.75) is 45.2 Å². The number of piperidine rings is 1. The van der Waals surface area contributed by atoms with Crippen LogP contribution in [-0.2, 0) is 17.8 Å². The maximum Gasteiger partial charge on any atom is 0.242 e. The van der Waals surface area contributed by atoms with Gasteiger partial charge in [0.1, 0.15) is 6.54 Å². The number of nitrogens with zero attached hydrogens (tertiary/aromatic N) is 3. The zero-order valence-corrected chi connectivity index (χ0v) is 15.9. The Balaban J connectivity index is 1.78. The molecule has 5 heteroatoms. The molecule has 0 spiro atoms. The number of benzene rings is 1. The summed E-state index contributed by atoms with van der Waals surface area (Å²) in [6.07, 6.45) is 4.51. The van der Waals surface area contributed by atoms with Crippen LogP contribution in [0.25, 0.3) is 10.9 Å². The van der Waals surface area contributed by atoms with Gasteiger partial charge in [-0.3, -0.25) is 9.69 Å². The van der Waals surface area contributed by atoms with Gasteiger partial charge in [0.2, 0.25) is 5.91 Å². The zero-order valence-electron chi connectivity index (χ0n) is 15.1. The average molecular weight is 360 g/mol. The van der Waals surface area contributed by atoms with Crippen LogP contribution in [0.1, 0.15) is 43.5 Å². The topological polar surface area (TPSA) is 28.5 Å². The largest absolute Gasteiger partial charge is 0.341 e. The van der Waals surface area contributed by atoms with Crippen molar-refractivity contribution < 1.29 is 4.79 Å². The van der Waals surface area contributed by atoms with Crippen LogP contribution < -0.4 is 0 Å². The molecule has 3 heterocycles. The number of fused-ring (bicyclic) bond motifs is 3. The van der Waals surface area contributed by atoms with Gasteiger partial charge < -0.3 is 9.47 Å². The van der Waals surface area contributed by atoms with Crippen molar-refractivity contribution in [1.29, 1.82) is 0 Å². The molecule has 0 aliphatic carbocycles. The molecule has 1 aromatic heterocycles. The van der Waals surface area contributed by atoms with Crippen molar-refractivity contribution in [3.8, 4) is 0 Å². The first kappa shape index (κ1) is 16.9. The lowest BCUT2D eigenvalue weighted by molar-refractivity contribution is -0.132. The second-order valence-electron chi connectivity index (χ2n) is 7.46. The number of carbonyl (C=O) groups is 1. The number of likely N-dealkylation sites (N-methyl/N-ethyl adjacent to an activating group) is 1. The summed E-state index contributed by atoms with van der Waals surface area (Å²) in [6.45, 7) is 5.52. The van der Waals surface area contributed by atoms with E-state index < -0.39 is 0 Å². The third kappa shape index (κ3) is 2.96. The summed E-state index contributed by atoms with van der Waals surface area (Å²) in [5.74, 6) is 0.245. The van der Waals surface area contributed by atoms with Gasteiger partial charge in [-0.1, -0.05) is 11.6 Å². The minimum atomic E-state index is 0.245. The van der Waals surface area contributed by atoms with E-state index in [4.69, 9.17) is 11.6 Å². The SMILES string of the molecule is CC1c2c(c3cc(Cl)ccc3n2CC(=O)N2CCCCC2)CCN1C. The number of hydrogen-bond acceptors (Lipinski definition) is 2. The summed E-state index contributed by atoms with van der Waals surface area (Å²) in [6, 6.07) is 6.39. The number of rotatable bonds is 2. The minimum absolute atomic E-state index is 0.245. The Morgan fingerprint density at radius 3 is 2.72 bits per heavy atom. The van der Waals surface area contributed by atoms with Crippen LogP contribution in [0.15, 0.2) is 18.2 Å². The standard InChI is InChI=1S/C20H26ClN3O/c1-14-20-16(8-11-22(14)2)17-12-15(21)6-7-18(17)24(20)13-19(25)23-9-4-3-5-10-23/h6-7,12,14H,3-5,8-11,13H2,1-2H3. The lowest BCUT2D eigenvalue weighted by Gasteiger charge is -2.32. The van der Waals surface area contributed by atoms with E-state index in [1.165, 1.54) is 23.1 Å². The molecule has 2 aliphatic heterocycles. The Hall–Kier alpha value is -1.52. The fraction of sp³-hybridized carbons (Fsp3) is 0.550. The van der Waals surface area contributed by atoms with Gasteiger partial charge in [0, 0.05) is 47.3 Å². The van der Waals surface area contributed by atoms with E-state index in [1.807, 2.05) is 11.0 Å².